The van der Waals surface area contributed by atoms with Crippen LogP contribution in [0.1, 0.15) is 30.3 Å². The molecule has 5 nitrogen and oxygen atoms in total. The normalized spacial score (nSPS) is 18.1. The number of hydrogen-bond donors (Lipinski definition) is 1. The largest absolute Gasteiger partial charge is 0.366 e. The third-order valence-corrected chi connectivity index (χ3v) is 3.87. The highest BCUT2D eigenvalue weighted by molar-refractivity contribution is 5.78. The maximum absolute atomic E-state index is 5.73. The van der Waals surface area contributed by atoms with Crippen LogP contribution in [0.3, 0.4) is 0 Å². The highest BCUT2D eigenvalue weighted by Crippen LogP contribution is 2.32. The molecular weight excluding hydrogens is 250 g/mol. The van der Waals surface area contributed by atoms with E-state index in [0.29, 0.717) is 5.95 Å². The minimum absolute atomic E-state index is 0.193. The molecule has 3 heterocycles. The Labute approximate surface area is 116 Å². The van der Waals surface area contributed by atoms with Gasteiger partial charge in [-0.2, -0.15) is 4.98 Å². The standard InChI is InChI=1S/C15H15N5/c16-15-18-14-11(5-3-9-20(14)19-15)13-8-7-10-4-1-2-6-12(10)17-13/h1-2,4,6-8,11H,3,5,9H2,(H2,16,19). The SMILES string of the molecule is Nc1nc2n(n1)CCCC2c1ccc2ccccc2n1. The second kappa shape index (κ2) is 4.30. The molecule has 100 valence electrons. The summed E-state index contributed by atoms with van der Waals surface area (Å²) in [5, 5.41) is 5.41. The van der Waals surface area contributed by atoms with Gasteiger partial charge in [-0.15, -0.1) is 5.10 Å². The van der Waals surface area contributed by atoms with Crippen LogP contribution in [0.25, 0.3) is 10.9 Å². The molecule has 20 heavy (non-hydrogen) atoms. The summed E-state index contributed by atoms with van der Waals surface area (Å²) in [7, 11) is 0. The van der Waals surface area contributed by atoms with E-state index < -0.39 is 0 Å². The Morgan fingerprint density at radius 3 is 2.95 bits per heavy atom. The number of aryl methyl sites for hydroxylation is 1. The number of rotatable bonds is 1. The van der Waals surface area contributed by atoms with Gasteiger partial charge in [-0.05, 0) is 25.0 Å². The van der Waals surface area contributed by atoms with Gasteiger partial charge < -0.3 is 5.73 Å². The maximum Gasteiger partial charge on any atom is 0.239 e. The Kier molecular flexibility index (Phi) is 2.45. The van der Waals surface area contributed by atoms with Crippen molar-refractivity contribution >= 4 is 16.9 Å². The maximum atomic E-state index is 5.73. The summed E-state index contributed by atoms with van der Waals surface area (Å²) in [5.74, 6) is 1.49. The quantitative estimate of drug-likeness (QED) is 0.733. The van der Waals surface area contributed by atoms with Gasteiger partial charge in [-0.25, -0.2) is 4.68 Å². The van der Waals surface area contributed by atoms with Crippen LogP contribution in [0.15, 0.2) is 36.4 Å². The average Bonchev–Trinajstić information content (AvgIpc) is 2.86. The summed E-state index contributed by atoms with van der Waals surface area (Å²) in [6.45, 7) is 0.892. The van der Waals surface area contributed by atoms with Crippen molar-refractivity contribution in [2.45, 2.75) is 25.3 Å². The number of benzene rings is 1. The second-order valence-electron chi connectivity index (χ2n) is 5.17. The van der Waals surface area contributed by atoms with Gasteiger partial charge in [-0.3, -0.25) is 4.98 Å². The van der Waals surface area contributed by atoms with Gasteiger partial charge in [0.05, 0.1) is 17.1 Å². The molecule has 3 aromatic rings. The molecule has 0 radical (unpaired) electrons. The van der Waals surface area contributed by atoms with Crippen molar-refractivity contribution in [3.05, 3.63) is 47.9 Å². The zero-order chi connectivity index (χ0) is 13.5. The Morgan fingerprint density at radius 2 is 2.00 bits per heavy atom. The number of anilines is 1. The predicted octanol–water partition coefficient (Wildman–Crippen LogP) is 2.33. The van der Waals surface area contributed by atoms with Crippen LogP contribution in [0, 0.1) is 0 Å². The van der Waals surface area contributed by atoms with E-state index in [2.05, 4.69) is 28.3 Å². The Bertz CT molecular complexity index is 777. The fourth-order valence-electron chi connectivity index (χ4n) is 2.92. The molecule has 1 unspecified atom stereocenters. The number of fused-ring (bicyclic) bond motifs is 2. The number of aromatic nitrogens is 4. The van der Waals surface area contributed by atoms with E-state index in [1.807, 2.05) is 22.9 Å². The first kappa shape index (κ1) is 11.4. The molecule has 0 bridgehead atoms. The van der Waals surface area contributed by atoms with Crippen molar-refractivity contribution in [1.82, 2.24) is 19.7 Å². The molecule has 1 aromatic carbocycles. The summed E-state index contributed by atoms with van der Waals surface area (Å²) in [6, 6.07) is 12.4. The minimum atomic E-state index is 0.193. The molecule has 0 amide bonds. The smallest absolute Gasteiger partial charge is 0.239 e. The fraction of sp³-hybridized carbons (Fsp3) is 0.267. The number of hydrogen-bond acceptors (Lipinski definition) is 4. The number of nitrogen functional groups attached to an aromatic ring is 1. The lowest BCUT2D eigenvalue weighted by Gasteiger charge is -2.21. The van der Waals surface area contributed by atoms with Gasteiger partial charge in [0.25, 0.3) is 0 Å². The molecule has 2 N–H and O–H groups in total. The molecule has 4 rings (SSSR count). The van der Waals surface area contributed by atoms with Crippen molar-refractivity contribution < 1.29 is 0 Å². The van der Waals surface area contributed by atoms with Crippen LogP contribution >= 0.6 is 0 Å². The zero-order valence-corrected chi connectivity index (χ0v) is 11.0. The van der Waals surface area contributed by atoms with E-state index in [1.165, 1.54) is 0 Å². The van der Waals surface area contributed by atoms with Crippen molar-refractivity contribution in [3.63, 3.8) is 0 Å². The first-order valence-corrected chi connectivity index (χ1v) is 6.87. The first-order chi connectivity index (χ1) is 9.81. The molecule has 0 saturated carbocycles. The monoisotopic (exact) mass is 265 g/mol. The van der Waals surface area contributed by atoms with Crippen molar-refractivity contribution in [3.8, 4) is 0 Å². The van der Waals surface area contributed by atoms with Crippen LogP contribution in [0.5, 0.6) is 0 Å². The number of nitrogens with zero attached hydrogens (tertiary/aromatic N) is 4. The average molecular weight is 265 g/mol. The fourth-order valence-corrected chi connectivity index (χ4v) is 2.92. The first-order valence-electron chi connectivity index (χ1n) is 6.87. The number of para-hydroxylation sites is 1. The van der Waals surface area contributed by atoms with E-state index in [0.717, 1.165) is 41.8 Å². The van der Waals surface area contributed by atoms with Crippen LogP contribution < -0.4 is 5.73 Å². The Morgan fingerprint density at radius 1 is 1.10 bits per heavy atom. The van der Waals surface area contributed by atoms with Gasteiger partial charge in [0.1, 0.15) is 5.82 Å². The lowest BCUT2D eigenvalue weighted by Crippen LogP contribution is -2.18. The lowest BCUT2D eigenvalue weighted by atomic mass is 9.94. The summed E-state index contributed by atoms with van der Waals surface area (Å²) in [6.07, 6.45) is 2.12. The topological polar surface area (TPSA) is 69.6 Å². The molecule has 0 aliphatic carbocycles. The van der Waals surface area contributed by atoms with Crippen molar-refractivity contribution in [2.24, 2.45) is 0 Å². The zero-order valence-electron chi connectivity index (χ0n) is 11.0. The minimum Gasteiger partial charge on any atom is -0.366 e. The summed E-state index contributed by atoms with van der Waals surface area (Å²) in [5.41, 5.74) is 7.80. The molecule has 1 atom stereocenters. The van der Waals surface area contributed by atoms with Gasteiger partial charge in [0.2, 0.25) is 5.95 Å². The van der Waals surface area contributed by atoms with Gasteiger partial charge in [0.15, 0.2) is 0 Å². The third-order valence-electron chi connectivity index (χ3n) is 3.87. The van der Waals surface area contributed by atoms with E-state index >= 15 is 0 Å². The van der Waals surface area contributed by atoms with E-state index in [-0.39, 0.29) is 5.92 Å². The van der Waals surface area contributed by atoms with Gasteiger partial charge >= 0.3 is 0 Å². The molecule has 5 heteroatoms. The number of nitrogens with two attached hydrogens (primary N) is 1. The van der Waals surface area contributed by atoms with Gasteiger partial charge in [0, 0.05) is 11.9 Å². The summed E-state index contributed by atoms with van der Waals surface area (Å²) >= 11 is 0. The van der Waals surface area contributed by atoms with Crippen LogP contribution in [-0.4, -0.2) is 19.7 Å². The highest BCUT2D eigenvalue weighted by Gasteiger charge is 2.26. The van der Waals surface area contributed by atoms with Crippen molar-refractivity contribution in [1.29, 1.82) is 0 Å². The van der Waals surface area contributed by atoms with Crippen LogP contribution in [0.2, 0.25) is 0 Å². The predicted molar refractivity (Wildman–Crippen MR) is 77.3 cm³/mol. The van der Waals surface area contributed by atoms with Gasteiger partial charge in [-0.1, -0.05) is 24.3 Å². The summed E-state index contributed by atoms with van der Waals surface area (Å²) in [4.78, 5) is 9.16. The van der Waals surface area contributed by atoms with E-state index in [1.54, 1.807) is 0 Å². The van der Waals surface area contributed by atoms with Crippen LogP contribution in [-0.2, 0) is 6.54 Å². The Hall–Kier alpha value is -2.43. The second-order valence-corrected chi connectivity index (χ2v) is 5.17. The molecule has 1 aliphatic rings. The molecule has 0 spiro atoms. The van der Waals surface area contributed by atoms with E-state index in [9.17, 15) is 0 Å². The molecule has 0 fully saturated rings. The molecule has 2 aromatic heterocycles. The van der Waals surface area contributed by atoms with E-state index in [4.69, 9.17) is 10.7 Å². The lowest BCUT2D eigenvalue weighted by molar-refractivity contribution is 0.442. The van der Waals surface area contributed by atoms with Crippen molar-refractivity contribution in [2.75, 3.05) is 5.73 Å². The molecule has 0 saturated heterocycles. The van der Waals surface area contributed by atoms with Crippen LogP contribution in [0.4, 0.5) is 5.95 Å². The molecule has 1 aliphatic heterocycles. The number of pyridine rings is 1. The molecular formula is C15H15N5. The Balaban J connectivity index is 1.83. The summed E-state index contributed by atoms with van der Waals surface area (Å²) < 4.78 is 1.92. The third kappa shape index (κ3) is 1.74. The highest BCUT2D eigenvalue weighted by atomic mass is 15.4.